The van der Waals surface area contributed by atoms with E-state index in [1.165, 1.54) is 60.6 Å². The third-order valence-corrected chi connectivity index (χ3v) is 11.8. The number of aromatic nitrogens is 3. The van der Waals surface area contributed by atoms with Gasteiger partial charge in [-0.05, 0) is 80.6 Å². The third-order valence-electron chi connectivity index (χ3n) is 11.8. The molecule has 0 aliphatic heterocycles. The lowest BCUT2D eigenvalue weighted by atomic mass is 9.82. The minimum absolute atomic E-state index is 0.106. The molecule has 56 heavy (non-hydrogen) atoms. The summed E-state index contributed by atoms with van der Waals surface area (Å²) in [6.45, 7) is 4.66. The summed E-state index contributed by atoms with van der Waals surface area (Å²) in [7, 11) is 0. The predicted octanol–water partition coefficient (Wildman–Crippen LogP) is 13.7. The van der Waals surface area contributed by atoms with Gasteiger partial charge in [-0.1, -0.05) is 166 Å². The molecule has 2 aromatic heterocycles. The van der Waals surface area contributed by atoms with Crippen molar-refractivity contribution in [3.63, 3.8) is 0 Å². The van der Waals surface area contributed by atoms with Crippen LogP contribution in [0.3, 0.4) is 0 Å². The molecule has 0 saturated carbocycles. The summed E-state index contributed by atoms with van der Waals surface area (Å²) in [6.07, 6.45) is 0. The van der Waals surface area contributed by atoms with Crippen molar-refractivity contribution in [3.05, 3.63) is 199 Å². The van der Waals surface area contributed by atoms with Crippen molar-refractivity contribution in [2.24, 2.45) is 0 Å². The Balaban J connectivity index is 1.07. The minimum atomic E-state index is -0.106. The first-order valence-electron chi connectivity index (χ1n) is 19.3. The van der Waals surface area contributed by atoms with E-state index in [4.69, 9.17) is 9.97 Å². The number of hydrogen-bond donors (Lipinski definition) is 0. The van der Waals surface area contributed by atoms with Gasteiger partial charge in [0.15, 0.2) is 5.82 Å². The van der Waals surface area contributed by atoms with Crippen LogP contribution in [-0.2, 0) is 5.41 Å². The molecule has 11 rings (SSSR count). The van der Waals surface area contributed by atoms with E-state index in [2.05, 4.69) is 200 Å². The number of fused-ring (bicyclic) bond motifs is 7. The van der Waals surface area contributed by atoms with Gasteiger partial charge in [0.05, 0.1) is 22.4 Å². The van der Waals surface area contributed by atoms with Gasteiger partial charge in [0, 0.05) is 38.6 Å². The first kappa shape index (κ1) is 32.3. The Morgan fingerprint density at radius 2 is 0.946 bits per heavy atom. The van der Waals surface area contributed by atoms with Gasteiger partial charge in [-0.15, -0.1) is 0 Å². The molecule has 0 atom stereocenters. The molecule has 0 amide bonds. The van der Waals surface area contributed by atoms with E-state index in [0.29, 0.717) is 5.82 Å². The Labute approximate surface area is 326 Å². The monoisotopic (exact) mass is 715 g/mol. The zero-order valence-electron chi connectivity index (χ0n) is 31.2. The summed E-state index contributed by atoms with van der Waals surface area (Å²) in [5, 5.41) is 4.86. The smallest absolute Gasteiger partial charge is 0.160 e. The Hall–Kier alpha value is -7.10. The Morgan fingerprint density at radius 3 is 1.71 bits per heavy atom. The molecule has 1 aliphatic rings. The van der Waals surface area contributed by atoms with Crippen LogP contribution in [0, 0.1) is 0 Å². The fraction of sp³-hybridized carbons (Fsp3) is 0.0566. The largest absolute Gasteiger partial charge is 0.309 e. The second kappa shape index (κ2) is 12.5. The van der Waals surface area contributed by atoms with Gasteiger partial charge in [0.25, 0.3) is 0 Å². The summed E-state index contributed by atoms with van der Waals surface area (Å²) >= 11 is 0. The van der Waals surface area contributed by atoms with Crippen molar-refractivity contribution >= 4 is 32.6 Å². The van der Waals surface area contributed by atoms with Crippen LogP contribution < -0.4 is 0 Å². The molecule has 0 saturated heterocycles. The summed E-state index contributed by atoms with van der Waals surface area (Å²) in [4.78, 5) is 10.5. The molecule has 8 aromatic carbocycles. The predicted molar refractivity (Wildman–Crippen MR) is 233 cm³/mol. The molecule has 1 aliphatic carbocycles. The first-order valence-corrected chi connectivity index (χ1v) is 19.3. The molecule has 0 radical (unpaired) electrons. The first-order chi connectivity index (χ1) is 27.5. The standard InChI is InChI=1S/C53H37N3/c1-53(2)46-24-11-8-21-41(46)42-28-27-36(32-47(42)53)48-33-49(55-52(54-48)34-15-4-3-5-16-34)43-30-29-38(39-19-6-7-20-40(39)43)35-17-14-18-37(31-35)56-50-25-12-9-22-44(50)45-23-10-13-26-51(45)56/h3-33H,1-2H3. The zero-order chi connectivity index (χ0) is 37.4. The lowest BCUT2D eigenvalue weighted by molar-refractivity contribution is 0.660. The number of para-hydroxylation sites is 2. The van der Waals surface area contributed by atoms with Gasteiger partial charge in [0.1, 0.15) is 0 Å². The number of benzene rings is 8. The highest BCUT2D eigenvalue weighted by atomic mass is 15.0. The van der Waals surface area contributed by atoms with E-state index in [1.54, 1.807) is 0 Å². The van der Waals surface area contributed by atoms with Crippen LogP contribution in [-0.4, -0.2) is 14.5 Å². The Morgan fingerprint density at radius 1 is 0.375 bits per heavy atom. The molecular weight excluding hydrogens is 679 g/mol. The summed E-state index contributed by atoms with van der Waals surface area (Å²) in [5.41, 5.74) is 16.1. The molecule has 3 nitrogen and oxygen atoms in total. The van der Waals surface area contributed by atoms with Crippen LogP contribution in [0.1, 0.15) is 25.0 Å². The average molecular weight is 716 g/mol. The number of nitrogens with zero attached hydrogens (tertiary/aromatic N) is 3. The molecule has 2 heterocycles. The second-order valence-electron chi connectivity index (χ2n) is 15.4. The molecule has 0 N–H and O–H groups in total. The van der Waals surface area contributed by atoms with Gasteiger partial charge in [-0.25, -0.2) is 9.97 Å². The van der Waals surface area contributed by atoms with Crippen molar-refractivity contribution in [2.75, 3.05) is 0 Å². The number of hydrogen-bond acceptors (Lipinski definition) is 2. The van der Waals surface area contributed by atoms with Crippen LogP contribution in [0.4, 0.5) is 0 Å². The van der Waals surface area contributed by atoms with E-state index in [-0.39, 0.29) is 5.41 Å². The Bertz CT molecular complexity index is 3120. The van der Waals surface area contributed by atoms with Crippen molar-refractivity contribution < 1.29 is 0 Å². The molecule has 0 fully saturated rings. The summed E-state index contributed by atoms with van der Waals surface area (Å²) in [5.74, 6) is 0.716. The van der Waals surface area contributed by atoms with Gasteiger partial charge in [0.2, 0.25) is 0 Å². The highest BCUT2D eigenvalue weighted by Gasteiger charge is 2.35. The minimum Gasteiger partial charge on any atom is -0.309 e. The lowest BCUT2D eigenvalue weighted by Gasteiger charge is -2.22. The quantitative estimate of drug-likeness (QED) is 0.178. The van der Waals surface area contributed by atoms with E-state index in [1.807, 2.05) is 6.07 Å². The van der Waals surface area contributed by atoms with Crippen molar-refractivity contribution in [2.45, 2.75) is 19.3 Å². The topological polar surface area (TPSA) is 30.7 Å². The Kier molecular flexibility index (Phi) is 7.20. The van der Waals surface area contributed by atoms with Crippen molar-refractivity contribution in [1.82, 2.24) is 14.5 Å². The maximum absolute atomic E-state index is 5.28. The third kappa shape index (κ3) is 4.98. The van der Waals surface area contributed by atoms with Gasteiger partial charge < -0.3 is 4.57 Å². The van der Waals surface area contributed by atoms with Crippen LogP contribution in [0.15, 0.2) is 188 Å². The normalized spacial score (nSPS) is 13.0. The fourth-order valence-corrected chi connectivity index (χ4v) is 9.10. The number of rotatable bonds is 5. The molecular formula is C53H37N3. The van der Waals surface area contributed by atoms with Crippen molar-refractivity contribution in [1.29, 1.82) is 0 Å². The molecule has 3 heteroatoms. The van der Waals surface area contributed by atoms with Crippen LogP contribution in [0.5, 0.6) is 0 Å². The van der Waals surface area contributed by atoms with E-state index >= 15 is 0 Å². The van der Waals surface area contributed by atoms with Gasteiger partial charge >= 0.3 is 0 Å². The SMILES string of the molecule is CC1(C)c2ccccc2-c2ccc(-c3cc(-c4ccc(-c5cccc(-n6c7ccccc7c7ccccc76)c5)c5ccccc45)nc(-c4ccccc4)n3)cc21. The molecule has 0 bridgehead atoms. The van der Waals surface area contributed by atoms with Gasteiger partial charge in [-0.3, -0.25) is 0 Å². The average Bonchev–Trinajstić information content (AvgIpc) is 3.71. The highest BCUT2D eigenvalue weighted by Crippen LogP contribution is 2.49. The lowest BCUT2D eigenvalue weighted by Crippen LogP contribution is -2.14. The van der Waals surface area contributed by atoms with Crippen molar-refractivity contribution in [3.8, 4) is 61.8 Å². The fourth-order valence-electron chi connectivity index (χ4n) is 9.10. The molecule has 0 unspecified atom stereocenters. The highest BCUT2D eigenvalue weighted by molar-refractivity contribution is 6.09. The second-order valence-corrected chi connectivity index (χ2v) is 15.4. The van der Waals surface area contributed by atoms with E-state index < -0.39 is 0 Å². The molecule has 264 valence electrons. The zero-order valence-corrected chi connectivity index (χ0v) is 31.2. The maximum atomic E-state index is 5.28. The summed E-state index contributed by atoms with van der Waals surface area (Å²) in [6, 6.07) is 67.7. The molecule has 0 spiro atoms. The molecule has 10 aromatic rings. The van der Waals surface area contributed by atoms with Crippen LogP contribution >= 0.6 is 0 Å². The van der Waals surface area contributed by atoms with Crippen LogP contribution in [0.2, 0.25) is 0 Å². The van der Waals surface area contributed by atoms with Crippen LogP contribution in [0.25, 0.3) is 94.4 Å². The van der Waals surface area contributed by atoms with E-state index in [9.17, 15) is 0 Å². The van der Waals surface area contributed by atoms with Gasteiger partial charge in [-0.2, -0.15) is 0 Å². The maximum Gasteiger partial charge on any atom is 0.160 e. The summed E-state index contributed by atoms with van der Waals surface area (Å²) < 4.78 is 2.39. The van der Waals surface area contributed by atoms with E-state index in [0.717, 1.165) is 39.2 Å².